The van der Waals surface area contributed by atoms with Crippen molar-refractivity contribution in [2.75, 3.05) is 7.11 Å². The van der Waals surface area contributed by atoms with E-state index in [1.165, 1.54) is 11.1 Å². The molecule has 1 aromatic carbocycles. The molecule has 0 heterocycles. The Balaban J connectivity index is 2.13. The van der Waals surface area contributed by atoms with Crippen LogP contribution in [0, 0.1) is 0 Å². The minimum Gasteiger partial charge on any atom is -0.497 e. The lowest BCUT2D eigenvalue weighted by atomic mass is 9.87. The van der Waals surface area contributed by atoms with Gasteiger partial charge in [0.05, 0.1) is 13.2 Å². The van der Waals surface area contributed by atoms with Crippen LogP contribution in [0.25, 0.3) is 0 Å². The number of aliphatic hydroxyl groups excluding tert-OH is 1. The molecule has 4 heteroatoms. The van der Waals surface area contributed by atoms with E-state index in [4.69, 9.17) is 10.5 Å². The van der Waals surface area contributed by atoms with Crippen molar-refractivity contribution >= 4 is 11.8 Å². The number of thioether (sulfide) groups is 1. The lowest BCUT2D eigenvalue weighted by Crippen LogP contribution is -2.32. The summed E-state index contributed by atoms with van der Waals surface area (Å²) in [5.41, 5.74) is 8.91. The summed E-state index contributed by atoms with van der Waals surface area (Å²) in [7, 11) is 1.69. The van der Waals surface area contributed by atoms with Gasteiger partial charge in [0.25, 0.3) is 0 Å². The summed E-state index contributed by atoms with van der Waals surface area (Å²) in [6.45, 7) is 3.90. The molecule has 1 aliphatic rings. The zero-order chi connectivity index (χ0) is 14.0. The minimum absolute atomic E-state index is 0.0425. The van der Waals surface area contributed by atoms with Gasteiger partial charge in [-0.1, -0.05) is 13.0 Å². The summed E-state index contributed by atoms with van der Waals surface area (Å²) in [5.74, 6) is 0.898. The molecule has 106 valence electrons. The first-order valence-corrected chi connectivity index (χ1v) is 7.73. The number of ether oxygens (including phenoxy) is 1. The maximum absolute atomic E-state index is 9.62. The SMILES string of the molecule is COc1ccc2c(c1)CCC(SC(C)C(C)O)C2N. The van der Waals surface area contributed by atoms with Crippen LogP contribution in [-0.4, -0.2) is 28.8 Å². The molecule has 0 radical (unpaired) electrons. The van der Waals surface area contributed by atoms with Crippen LogP contribution in [0.4, 0.5) is 0 Å². The quantitative estimate of drug-likeness (QED) is 0.890. The Hall–Kier alpha value is -0.710. The molecule has 19 heavy (non-hydrogen) atoms. The maximum atomic E-state index is 9.62. The molecule has 3 N–H and O–H groups in total. The molecule has 4 atom stereocenters. The highest BCUT2D eigenvalue weighted by Crippen LogP contribution is 2.38. The van der Waals surface area contributed by atoms with Crippen molar-refractivity contribution < 1.29 is 9.84 Å². The summed E-state index contributed by atoms with van der Waals surface area (Å²) in [4.78, 5) is 0. The summed E-state index contributed by atoms with van der Waals surface area (Å²) >= 11 is 1.80. The lowest BCUT2D eigenvalue weighted by Gasteiger charge is -2.33. The van der Waals surface area contributed by atoms with Crippen molar-refractivity contribution in [3.8, 4) is 5.75 Å². The van der Waals surface area contributed by atoms with E-state index in [0.717, 1.165) is 18.6 Å². The molecule has 3 nitrogen and oxygen atoms in total. The molecule has 0 fully saturated rings. The largest absolute Gasteiger partial charge is 0.497 e. The van der Waals surface area contributed by atoms with Crippen LogP contribution >= 0.6 is 11.8 Å². The molecule has 0 saturated carbocycles. The van der Waals surface area contributed by atoms with Crippen LogP contribution in [0.15, 0.2) is 18.2 Å². The summed E-state index contributed by atoms with van der Waals surface area (Å²) < 4.78 is 5.26. The monoisotopic (exact) mass is 281 g/mol. The lowest BCUT2D eigenvalue weighted by molar-refractivity contribution is 0.196. The first-order chi connectivity index (χ1) is 9.02. The van der Waals surface area contributed by atoms with Gasteiger partial charge >= 0.3 is 0 Å². The van der Waals surface area contributed by atoms with Crippen molar-refractivity contribution in [3.05, 3.63) is 29.3 Å². The zero-order valence-corrected chi connectivity index (χ0v) is 12.6. The van der Waals surface area contributed by atoms with E-state index in [2.05, 4.69) is 19.1 Å². The van der Waals surface area contributed by atoms with Gasteiger partial charge in [0.15, 0.2) is 0 Å². The van der Waals surface area contributed by atoms with E-state index in [1.807, 2.05) is 13.0 Å². The van der Waals surface area contributed by atoms with Gasteiger partial charge in [-0.05, 0) is 43.0 Å². The number of aliphatic hydroxyl groups is 1. The van der Waals surface area contributed by atoms with Gasteiger partial charge in [-0.3, -0.25) is 0 Å². The van der Waals surface area contributed by atoms with Gasteiger partial charge in [0.1, 0.15) is 5.75 Å². The fourth-order valence-electron chi connectivity index (χ4n) is 2.47. The van der Waals surface area contributed by atoms with Crippen LogP contribution < -0.4 is 10.5 Å². The minimum atomic E-state index is -0.297. The number of nitrogens with two attached hydrogens (primary N) is 1. The third-order valence-electron chi connectivity index (χ3n) is 3.88. The van der Waals surface area contributed by atoms with Gasteiger partial charge in [0, 0.05) is 16.5 Å². The van der Waals surface area contributed by atoms with Crippen molar-refractivity contribution in [1.82, 2.24) is 0 Å². The first-order valence-electron chi connectivity index (χ1n) is 6.79. The van der Waals surface area contributed by atoms with E-state index >= 15 is 0 Å². The Morgan fingerprint density at radius 1 is 1.42 bits per heavy atom. The second kappa shape index (κ2) is 6.16. The molecular weight excluding hydrogens is 258 g/mol. The Kier molecular flexibility index (Phi) is 4.76. The van der Waals surface area contributed by atoms with Crippen LogP contribution in [0.1, 0.15) is 37.4 Å². The third-order valence-corrected chi connectivity index (χ3v) is 5.58. The topological polar surface area (TPSA) is 55.5 Å². The van der Waals surface area contributed by atoms with Gasteiger partial charge in [-0.2, -0.15) is 11.8 Å². The van der Waals surface area contributed by atoms with E-state index in [-0.39, 0.29) is 17.4 Å². The number of hydrogen-bond acceptors (Lipinski definition) is 4. The number of methoxy groups -OCH3 is 1. The fraction of sp³-hybridized carbons (Fsp3) is 0.600. The molecule has 1 aliphatic carbocycles. The Bertz CT molecular complexity index is 436. The number of hydrogen-bond donors (Lipinski definition) is 2. The van der Waals surface area contributed by atoms with Crippen LogP contribution in [-0.2, 0) is 6.42 Å². The molecular formula is C15H23NO2S. The summed E-state index contributed by atoms with van der Waals surface area (Å²) in [6.07, 6.45) is 1.79. The molecule has 0 aliphatic heterocycles. The predicted octanol–water partition coefficient (Wildman–Crippen LogP) is 2.51. The number of benzene rings is 1. The second-order valence-corrected chi connectivity index (χ2v) is 6.87. The van der Waals surface area contributed by atoms with Gasteiger partial charge in [-0.15, -0.1) is 0 Å². The van der Waals surface area contributed by atoms with Crippen molar-refractivity contribution in [1.29, 1.82) is 0 Å². The molecule has 2 rings (SSSR count). The fourth-order valence-corrected chi connectivity index (χ4v) is 3.82. The molecule has 4 unspecified atom stereocenters. The normalized spacial score (nSPS) is 25.5. The Labute approximate surface area is 119 Å². The second-order valence-electron chi connectivity index (χ2n) is 5.25. The predicted molar refractivity (Wildman–Crippen MR) is 80.8 cm³/mol. The highest BCUT2D eigenvalue weighted by Gasteiger charge is 2.29. The molecule has 1 aromatic rings. The first kappa shape index (κ1) is 14.7. The van der Waals surface area contributed by atoms with Crippen LogP contribution in [0.2, 0.25) is 0 Å². The van der Waals surface area contributed by atoms with Gasteiger partial charge in [0.2, 0.25) is 0 Å². The van der Waals surface area contributed by atoms with E-state index in [9.17, 15) is 5.11 Å². The van der Waals surface area contributed by atoms with Crippen LogP contribution in [0.5, 0.6) is 5.75 Å². The van der Waals surface area contributed by atoms with Gasteiger partial charge in [-0.25, -0.2) is 0 Å². The maximum Gasteiger partial charge on any atom is 0.119 e. The molecule has 0 saturated heterocycles. The third kappa shape index (κ3) is 3.25. The number of fused-ring (bicyclic) bond motifs is 1. The van der Waals surface area contributed by atoms with E-state index in [0.29, 0.717) is 5.25 Å². The van der Waals surface area contributed by atoms with Crippen molar-refractivity contribution in [3.63, 3.8) is 0 Å². The summed E-state index contributed by atoms with van der Waals surface area (Å²) in [5, 5.41) is 10.2. The number of rotatable bonds is 4. The zero-order valence-electron chi connectivity index (χ0n) is 11.8. The average Bonchev–Trinajstić information content (AvgIpc) is 2.41. The Morgan fingerprint density at radius 3 is 2.79 bits per heavy atom. The van der Waals surface area contributed by atoms with E-state index < -0.39 is 0 Å². The highest BCUT2D eigenvalue weighted by molar-refractivity contribution is 8.00. The highest BCUT2D eigenvalue weighted by atomic mass is 32.2. The van der Waals surface area contributed by atoms with Crippen molar-refractivity contribution in [2.24, 2.45) is 5.73 Å². The average molecular weight is 281 g/mol. The molecule has 0 spiro atoms. The molecule has 0 amide bonds. The molecule has 0 aromatic heterocycles. The number of aryl methyl sites for hydroxylation is 1. The molecule has 0 bridgehead atoms. The van der Waals surface area contributed by atoms with Crippen molar-refractivity contribution in [2.45, 2.75) is 49.3 Å². The van der Waals surface area contributed by atoms with Gasteiger partial charge < -0.3 is 15.6 Å². The Morgan fingerprint density at radius 2 is 2.16 bits per heavy atom. The van der Waals surface area contributed by atoms with E-state index in [1.54, 1.807) is 18.9 Å². The van der Waals surface area contributed by atoms with Crippen LogP contribution in [0.3, 0.4) is 0 Å². The summed E-state index contributed by atoms with van der Waals surface area (Å²) in [6, 6.07) is 6.19. The smallest absolute Gasteiger partial charge is 0.119 e. The standard InChI is InChI=1S/C15H23NO2S/c1-9(17)10(2)19-14-7-4-11-8-12(18-3)5-6-13(11)15(14)16/h5-6,8-10,14-15,17H,4,7,16H2,1-3H3.